The molecule has 0 radical (unpaired) electrons. The van der Waals surface area contributed by atoms with E-state index in [4.69, 9.17) is 4.42 Å². The number of carbonyl (C=O) groups excluding carboxylic acids is 2. The summed E-state index contributed by atoms with van der Waals surface area (Å²) in [5.74, 6) is 0.665. The fourth-order valence-electron chi connectivity index (χ4n) is 2.94. The first kappa shape index (κ1) is 18.2. The van der Waals surface area contributed by atoms with Crippen LogP contribution in [0.5, 0.6) is 0 Å². The number of urea groups is 1. The van der Waals surface area contributed by atoms with Crippen LogP contribution in [0.25, 0.3) is 0 Å². The minimum atomic E-state index is -0.326. The van der Waals surface area contributed by atoms with Gasteiger partial charge >= 0.3 is 6.03 Å². The molecule has 142 valence electrons. The molecular weight excluding hydrogens is 374 g/mol. The van der Waals surface area contributed by atoms with Crippen LogP contribution in [0.15, 0.2) is 76.2 Å². The van der Waals surface area contributed by atoms with Crippen molar-refractivity contribution in [1.82, 2.24) is 5.32 Å². The number of furan rings is 1. The molecule has 4 rings (SSSR count). The second-order valence-electron chi connectivity index (χ2n) is 6.37. The van der Waals surface area contributed by atoms with Crippen LogP contribution in [-0.4, -0.2) is 17.2 Å². The lowest BCUT2D eigenvalue weighted by Gasteiger charge is -2.11. The Hall–Kier alpha value is -3.19. The van der Waals surface area contributed by atoms with Crippen molar-refractivity contribution in [3.05, 3.63) is 78.3 Å². The molecule has 1 unspecified atom stereocenters. The van der Waals surface area contributed by atoms with E-state index in [2.05, 4.69) is 22.0 Å². The van der Waals surface area contributed by atoms with Crippen molar-refractivity contribution >= 4 is 35.1 Å². The lowest BCUT2D eigenvalue weighted by atomic mass is 10.1. The summed E-state index contributed by atoms with van der Waals surface area (Å²) in [6.07, 6.45) is 2.30. The van der Waals surface area contributed by atoms with Gasteiger partial charge in [0.2, 0.25) is 5.91 Å². The van der Waals surface area contributed by atoms with Crippen LogP contribution < -0.4 is 16.0 Å². The third-order valence-electron chi connectivity index (χ3n) is 4.35. The molecule has 6 nitrogen and oxygen atoms in total. The van der Waals surface area contributed by atoms with Gasteiger partial charge in [-0.25, -0.2) is 4.79 Å². The molecule has 0 fully saturated rings. The number of thioether (sulfide) groups is 1. The van der Waals surface area contributed by atoms with E-state index in [1.165, 1.54) is 10.5 Å². The Morgan fingerprint density at radius 3 is 2.43 bits per heavy atom. The van der Waals surface area contributed by atoms with Gasteiger partial charge in [-0.05, 0) is 54.4 Å². The zero-order valence-electron chi connectivity index (χ0n) is 15.0. The summed E-state index contributed by atoms with van der Waals surface area (Å²) in [7, 11) is 0. The predicted octanol–water partition coefficient (Wildman–Crippen LogP) is 4.26. The van der Waals surface area contributed by atoms with Gasteiger partial charge < -0.3 is 20.4 Å². The first-order valence-electron chi connectivity index (χ1n) is 8.90. The molecule has 7 heteroatoms. The molecule has 3 N–H and O–H groups in total. The fraction of sp³-hybridized carbons (Fsp3) is 0.143. The summed E-state index contributed by atoms with van der Waals surface area (Å²) in [6.45, 7) is 0.314. The van der Waals surface area contributed by atoms with Crippen LogP contribution >= 0.6 is 11.8 Å². The second-order valence-corrected chi connectivity index (χ2v) is 7.62. The SMILES string of the molecule is O=C(NCc1ccco1)Nc1ccc(NC(=O)C2Cc3ccccc3S2)cc1. The van der Waals surface area contributed by atoms with Crippen LogP contribution in [0.1, 0.15) is 11.3 Å². The summed E-state index contributed by atoms with van der Waals surface area (Å²) in [4.78, 5) is 25.6. The third-order valence-corrected chi connectivity index (χ3v) is 5.67. The van der Waals surface area contributed by atoms with E-state index >= 15 is 0 Å². The van der Waals surface area contributed by atoms with E-state index < -0.39 is 0 Å². The highest BCUT2D eigenvalue weighted by molar-refractivity contribution is 8.01. The minimum Gasteiger partial charge on any atom is -0.467 e. The van der Waals surface area contributed by atoms with Gasteiger partial charge in [0.1, 0.15) is 5.76 Å². The first-order chi connectivity index (χ1) is 13.7. The Bertz CT molecular complexity index is 946. The van der Waals surface area contributed by atoms with Crippen LogP contribution in [-0.2, 0) is 17.8 Å². The molecule has 3 amide bonds. The molecule has 0 aliphatic carbocycles. The number of hydrogen-bond donors (Lipinski definition) is 3. The minimum absolute atomic E-state index is 0.0156. The number of amides is 3. The number of fused-ring (bicyclic) bond motifs is 1. The first-order valence-corrected chi connectivity index (χ1v) is 9.78. The van der Waals surface area contributed by atoms with E-state index in [-0.39, 0.29) is 17.2 Å². The Labute approximate surface area is 166 Å². The normalized spacial score (nSPS) is 14.9. The van der Waals surface area contributed by atoms with Gasteiger partial charge in [0.05, 0.1) is 18.1 Å². The fourth-order valence-corrected chi connectivity index (χ4v) is 4.14. The maximum Gasteiger partial charge on any atom is 0.319 e. The van der Waals surface area contributed by atoms with Gasteiger partial charge in [0.15, 0.2) is 0 Å². The quantitative estimate of drug-likeness (QED) is 0.605. The van der Waals surface area contributed by atoms with Crippen molar-refractivity contribution in [3.8, 4) is 0 Å². The molecule has 2 aromatic carbocycles. The number of anilines is 2. The summed E-state index contributed by atoms with van der Waals surface area (Å²) in [5, 5.41) is 8.27. The zero-order chi connectivity index (χ0) is 19.3. The highest BCUT2D eigenvalue weighted by Gasteiger charge is 2.27. The lowest BCUT2D eigenvalue weighted by molar-refractivity contribution is -0.115. The van der Waals surface area contributed by atoms with Gasteiger partial charge in [0, 0.05) is 16.3 Å². The zero-order valence-corrected chi connectivity index (χ0v) is 15.8. The van der Waals surface area contributed by atoms with E-state index in [0.717, 1.165) is 6.42 Å². The smallest absolute Gasteiger partial charge is 0.319 e. The average molecular weight is 393 g/mol. The number of hydrogen-bond acceptors (Lipinski definition) is 4. The van der Waals surface area contributed by atoms with Crippen LogP contribution in [0.3, 0.4) is 0 Å². The van der Waals surface area contributed by atoms with Gasteiger partial charge in [-0.15, -0.1) is 11.8 Å². The molecule has 1 aromatic heterocycles. The van der Waals surface area contributed by atoms with Gasteiger partial charge in [0.25, 0.3) is 0 Å². The lowest BCUT2D eigenvalue weighted by Crippen LogP contribution is -2.28. The van der Waals surface area contributed by atoms with E-state index in [1.54, 1.807) is 54.4 Å². The highest BCUT2D eigenvalue weighted by atomic mass is 32.2. The molecule has 0 spiro atoms. The molecule has 0 saturated carbocycles. The summed E-state index contributed by atoms with van der Waals surface area (Å²) in [6, 6.07) is 18.4. The van der Waals surface area contributed by atoms with Crippen molar-refractivity contribution in [2.75, 3.05) is 10.6 Å². The van der Waals surface area contributed by atoms with Crippen molar-refractivity contribution in [2.24, 2.45) is 0 Å². The topological polar surface area (TPSA) is 83.4 Å². The van der Waals surface area contributed by atoms with Crippen LogP contribution in [0.2, 0.25) is 0 Å². The number of carbonyl (C=O) groups is 2. The number of benzene rings is 2. The van der Waals surface area contributed by atoms with Crippen molar-refractivity contribution in [1.29, 1.82) is 0 Å². The van der Waals surface area contributed by atoms with Crippen molar-refractivity contribution in [2.45, 2.75) is 23.1 Å². The molecule has 28 heavy (non-hydrogen) atoms. The summed E-state index contributed by atoms with van der Waals surface area (Å²) >= 11 is 1.59. The predicted molar refractivity (Wildman–Crippen MR) is 109 cm³/mol. The maximum atomic E-state index is 12.5. The standard InChI is InChI=1S/C21H19N3O3S/c25-20(19-12-14-4-1-2-6-18(14)28-19)23-15-7-9-16(10-8-15)24-21(26)22-13-17-5-3-11-27-17/h1-11,19H,12-13H2,(H,23,25)(H2,22,24,26). The second kappa shape index (κ2) is 8.22. The monoisotopic (exact) mass is 393 g/mol. The molecular formula is C21H19N3O3S. The molecule has 0 bridgehead atoms. The van der Waals surface area contributed by atoms with Gasteiger partial charge in [-0.3, -0.25) is 4.79 Å². The maximum absolute atomic E-state index is 12.5. The Balaban J connectivity index is 1.27. The number of rotatable bonds is 5. The summed E-state index contributed by atoms with van der Waals surface area (Å²) < 4.78 is 5.17. The van der Waals surface area contributed by atoms with E-state index in [0.29, 0.717) is 23.7 Å². The largest absolute Gasteiger partial charge is 0.467 e. The van der Waals surface area contributed by atoms with Crippen molar-refractivity contribution < 1.29 is 14.0 Å². The van der Waals surface area contributed by atoms with Crippen molar-refractivity contribution in [3.63, 3.8) is 0 Å². The summed E-state index contributed by atoms with van der Waals surface area (Å²) in [5.41, 5.74) is 2.55. The third kappa shape index (κ3) is 4.37. The number of nitrogens with one attached hydrogen (secondary N) is 3. The molecule has 1 atom stereocenters. The molecule has 2 heterocycles. The van der Waals surface area contributed by atoms with Gasteiger partial charge in [-0.1, -0.05) is 18.2 Å². The van der Waals surface area contributed by atoms with Crippen LogP contribution in [0, 0.1) is 0 Å². The molecule has 0 saturated heterocycles. The van der Waals surface area contributed by atoms with Gasteiger partial charge in [-0.2, -0.15) is 0 Å². The molecule has 1 aliphatic heterocycles. The average Bonchev–Trinajstić information content (AvgIpc) is 3.37. The van der Waals surface area contributed by atoms with E-state index in [1.807, 2.05) is 18.2 Å². The van der Waals surface area contributed by atoms with E-state index in [9.17, 15) is 9.59 Å². The molecule has 1 aliphatic rings. The Morgan fingerprint density at radius 2 is 1.71 bits per heavy atom. The van der Waals surface area contributed by atoms with Crippen LogP contribution in [0.4, 0.5) is 16.2 Å². The Kier molecular flexibility index (Phi) is 5.34. The Morgan fingerprint density at radius 1 is 0.964 bits per heavy atom. The molecule has 3 aromatic rings. The highest BCUT2D eigenvalue weighted by Crippen LogP contribution is 2.37.